The Morgan fingerprint density at radius 3 is 2.79 bits per heavy atom. The first-order chi connectivity index (χ1) is 11.3. The number of hydrogen-bond donors (Lipinski definition) is 3. The highest BCUT2D eigenvalue weighted by molar-refractivity contribution is 6.00. The SMILES string of the molecule is CCC(C)C(C)Oc1cc(=O)c(C(=O)NCC(=O)O)c2nc[nH]n12. The van der Waals surface area contributed by atoms with Gasteiger partial charge in [0.05, 0.1) is 0 Å². The van der Waals surface area contributed by atoms with Crippen LogP contribution in [0.3, 0.4) is 0 Å². The highest BCUT2D eigenvalue weighted by Gasteiger charge is 2.21. The van der Waals surface area contributed by atoms with Gasteiger partial charge in [0, 0.05) is 6.07 Å². The fourth-order valence-corrected chi connectivity index (χ4v) is 2.15. The first kappa shape index (κ1) is 17.5. The molecular weight excluding hydrogens is 316 g/mol. The lowest BCUT2D eigenvalue weighted by Crippen LogP contribution is -2.33. The lowest BCUT2D eigenvalue weighted by atomic mass is 10.0. The maximum absolute atomic E-state index is 12.3. The number of hydrogen-bond acceptors (Lipinski definition) is 5. The van der Waals surface area contributed by atoms with Gasteiger partial charge < -0.3 is 15.2 Å². The molecule has 1 amide bonds. The molecule has 0 saturated heterocycles. The van der Waals surface area contributed by atoms with E-state index in [-0.39, 0.29) is 29.1 Å². The Morgan fingerprint density at radius 2 is 2.17 bits per heavy atom. The van der Waals surface area contributed by atoms with Gasteiger partial charge in [0.25, 0.3) is 5.91 Å². The lowest BCUT2D eigenvalue weighted by Gasteiger charge is -2.20. The first-order valence-electron chi connectivity index (χ1n) is 7.60. The van der Waals surface area contributed by atoms with Crippen molar-refractivity contribution in [3.63, 3.8) is 0 Å². The molecule has 2 aromatic rings. The van der Waals surface area contributed by atoms with E-state index in [0.29, 0.717) is 0 Å². The molecule has 2 atom stereocenters. The Bertz CT molecular complexity index is 810. The number of carboxylic acids is 1. The zero-order valence-corrected chi connectivity index (χ0v) is 13.7. The van der Waals surface area contributed by atoms with Crippen molar-refractivity contribution in [2.45, 2.75) is 33.3 Å². The maximum Gasteiger partial charge on any atom is 0.322 e. The van der Waals surface area contributed by atoms with Crippen LogP contribution in [-0.4, -0.2) is 44.2 Å². The quantitative estimate of drug-likeness (QED) is 0.681. The second kappa shape index (κ2) is 7.16. The Morgan fingerprint density at radius 1 is 1.46 bits per heavy atom. The van der Waals surface area contributed by atoms with Crippen molar-refractivity contribution in [1.29, 1.82) is 0 Å². The second-order valence-electron chi connectivity index (χ2n) is 5.55. The summed E-state index contributed by atoms with van der Waals surface area (Å²) in [5, 5.41) is 13.6. The molecule has 2 heterocycles. The third kappa shape index (κ3) is 3.55. The molecule has 130 valence electrons. The maximum atomic E-state index is 12.3. The number of amides is 1. The minimum Gasteiger partial charge on any atom is -0.480 e. The summed E-state index contributed by atoms with van der Waals surface area (Å²) in [6, 6.07) is 1.19. The number of H-pyrrole nitrogens is 1. The molecule has 3 N–H and O–H groups in total. The highest BCUT2D eigenvalue weighted by atomic mass is 16.5. The van der Waals surface area contributed by atoms with Crippen LogP contribution >= 0.6 is 0 Å². The number of nitrogens with one attached hydrogen (secondary N) is 2. The van der Waals surface area contributed by atoms with E-state index in [1.165, 1.54) is 16.9 Å². The van der Waals surface area contributed by atoms with Crippen molar-refractivity contribution in [2.24, 2.45) is 5.92 Å². The molecule has 0 spiro atoms. The van der Waals surface area contributed by atoms with Gasteiger partial charge in [-0.15, -0.1) is 0 Å². The molecule has 24 heavy (non-hydrogen) atoms. The number of rotatable bonds is 7. The summed E-state index contributed by atoms with van der Waals surface area (Å²) in [6.45, 7) is 5.39. The minimum absolute atomic E-state index is 0.0803. The summed E-state index contributed by atoms with van der Waals surface area (Å²) in [5.74, 6) is -1.48. The summed E-state index contributed by atoms with van der Waals surface area (Å²) in [6.07, 6.45) is 2.10. The lowest BCUT2D eigenvalue weighted by molar-refractivity contribution is -0.135. The summed E-state index contributed by atoms with van der Waals surface area (Å²) in [5.41, 5.74) is -0.742. The number of carbonyl (C=O) groups excluding carboxylic acids is 1. The molecule has 9 heteroatoms. The van der Waals surface area contributed by atoms with Gasteiger partial charge in [-0.2, -0.15) is 0 Å². The standard InChI is InChI=1S/C15H20N4O5/c1-4-8(2)9(3)24-11-5-10(20)13(14-17-7-18-19(11)14)15(23)16-6-12(21)22/h5,7-9H,4,6H2,1-3H3,(H,16,23)(H,17,18)(H,21,22). The van der Waals surface area contributed by atoms with Crippen LogP contribution in [0.4, 0.5) is 0 Å². The Balaban J connectivity index is 2.40. The Hall–Kier alpha value is -2.84. The average molecular weight is 336 g/mol. The van der Waals surface area contributed by atoms with Crippen LogP contribution in [0, 0.1) is 5.92 Å². The molecule has 0 aliphatic rings. The zero-order chi connectivity index (χ0) is 17.9. The van der Waals surface area contributed by atoms with Crippen molar-refractivity contribution in [3.8, 4) is 5.88 Å². The highest BCUT2D eigenvalue weighted by Crippen LogP contribution is 2.18. The van der Waals surface area contributed by atoms with E-state index < -0.39 is 23.9 Å². The van der Waals surface area contributed by atoms with Crippen molar-refractivity contribution < 1.29 is 19.4 Å². The smallest absolute Gasteiger partial charge is 0.322 e. The van der Waals surface area contributed by atoms with E-state index in [4.69, 9.17) is 9.84 Å². The zero-order valence-electron chi connectivity index (χ0n) is 13.7. The number of fused-ring (bicyclic) bond motifs is 1. The van der Waals surface area contributed by atoms with Gasteiger partial charge in [-0.1, -0.05) is 20.3 Å². The Kier molecular flexibility index (Phi) is 5.22. The minimum atomic E-state index is -1.20. The third-order valence-corrected chi connectivity index (χ3v) is 3.91. The van der Waals surface area contributed by atoms with Crippen LogP contribution in [0.1, 0.15) is 37.6 Å². The van der Waals surface area contributed by atoms with Gasteiger partial charge in [-0.05, 0) is 12.8 Å². The number of aromatic amines is 1. The van der Waals surface area contributed by atoms with E-state index in [2.05, 4.69) is 15.4 Å². The second-order valence-corrected chi connectivity index (χ2v) is 5.55. The van der Waals surface area contributed by atoms with Crippen LogP contribution in [0.2, 0.25) is 0 Å². The number of carbonyl (C=O) groups is 2. The number of aliphatic carboxylic acids is 1. The molecule has 2 aromatic heterocycles. The molecular formula is C15H20N4O5. The van der Waals surface area contributed by atoms with Crippen LogP contribution in [0.25, 0.3) is 5.65 Å². The van der Waals surface area contributed by atoms with Gasteiger partial charge in [-0.3, -0.25) is 19.5 Å². The fourth-order valence-electron chi connectivity index (χ4n) is 2.15. The number of ether oxygens (including phenoxy) is 1. The summed E-state index contributed by atoms with van der Waals surface area (Å²) >= 11 is 0. The monoisotopic (exact) mass is 336 g/mol. The number of carboxylic acid groups (broad SMARTS) is 1. The number of nitrogens with zero attached hydrogens (tertiary/aromatic N) is 2. The largest absolute Gasteiger partial charge is 0.480 e. The van der Waals surface area contributed by atoms with Gasteiger partial charge in [-0.25, -0.2) is 9.50 Å². The van der Waals surface area contributed by atoms with Gasteiger partial charge in [0.15, 0.2) is 5.65 Å². The van der Waals surface area contributed by atoms with Crippen LogP contribution < -0.4 is 15.5 Å². The van der Waals surface area contributed by atoms with Gasteiger partial charge in [0.2, 0.25) is 11.3 Å². The molecule has 2 rings (SSSR count). The van der Waals surface area contributed by atoms with Gasteiger partial charge >= 0.3 is 5.97 Å². The molecule has 2 unspecified atom stereocenters. The first-order valence-corrected chi connectivity index (χ1v) is 7.60. The molecule has 0 aliphatic carbocycles. The predicted octanol–water partition coefficient (Wildman–Crippen LogP) is 0.650. The van der Waals surface area contributed by atoms with E-state index in [0.717, 1.165) is 6.42 Å². The summed E-state index contributed by atoms with van der Waals surface area (Å²) < 4.78 is 7.20. The number of pyridine rings is 1. The van der Waals surface area contributed by atoms with Gasteiger partial charge in [0.1, 0.15) is 24.5 Å². The van der Waals surface area contributed by atoms with E-state index in [9.17, 15) is 14.4 Å². The molecule has 0 aromatic carbocycles. The van der Waals surface area contributed by atoms with E-state index in [1.807, 2.05) is 20.8 Å². The van der Waals surface area contributed by atoms with Crippen molar-refractivity contribution in [1.82, 2.24) is 19.9 Å². The molecule has 0 bridgehead atoms. The molecule has 9 nitrogen and oxygen atoms in total. The Labute approximate surface area is 137 Å². The fraction of sp³-hybridized carbons (Fsp3) is 0.467. The van der Waals surface area contributed by atoms with Crippen molar-refractivity contribution in [3.05, 3.63) is 28.2 Å². The van der Waals surface area contributed by atoms with Crippen LogP contribution in [-0.2, 0) is 4.79 Å². The predicted molar refractivity (Wildman–Crippen MR) is 85.3 cm³/mol. The summed E-state index contributed by atoms with van der Waals surface area (Å²) in [7, 11) is 0. The number of aromatic nitrogens is 3. The van der Waals surface area contributed by atoms with Crippen LogP contribution in [0.5, 0.6) is 5.88 Å². The summed E-state index contributed by atoms with van der Waals surface area (Å²) in [4.78, 5) is 38.9. The van der Waals surface area contributed by atoms with Crippen molar-refractivity contribution in [2.75, 3.05) is 6.54 Å². The topological polar surface area (TPSA) is 126 Å². The van der Waals surface area contributed by atoms with Crippen molar-refractivity contribution >= 4 is 17.5 Å². The van der Waals surface area contributed by atoms with Crippen LogP contribution in [0.15, 0.2) is 17.2 Å². The average Bonchev–Trinajstić information content (AvgIpc) is 3.01. The normalized spacial score (nSPS) is 13.5. The van der Waals surface area contributed by atoms with E-state index in [1.54, 1.807) is 0 Å². The van der Waals surface area contributed by atoms with E-state index >= 15 is 0 Å². The molecule has 0 radical (unpaired) electrons. The molecule has 0 aliphatic heterocycles. The third-order valence-electron chi connectivity index (χ3n) is 3.91. The molecule has 0 fully saturated rings. The molecule has 0 saturated carbocycles.